The summed E-state index contributed by atoms with van der Waals surface area (Å²) in [5.74, 6) is -0.0629. The standard InChI is InChI=1S/C11H18N2O2/c1-4-5-8-9(6-14)13(3)11(7(2)15)10(8)12/h14H,4-6,12H2,1-3H3. The third-order valence-corrected chi connectivity index (χ3v) is 2.65. The van der Waals surface area contributed by atoms with Crippen molar-refractivity contribution in [3.63, 3.8) is 0 Å². The Labute approximate surface area is 89.7 Å². The van der Waals surface area contributed by atoms with Gasteiger partial charge in [0.15, 0.2) is 5.78 Å². The minimum Gasteiger partial charge on any atom is -0.397 e. The van der Waals surface area contributed by atoms with Crippen molar-refractivity contribution in [2.75, 3.05) is 5.73 Å². The molecule has 0 bridgehead atoms. The Kier molecular flexibility index (Phi) is 3.52. The van der Waals surface area contributed by atoms with Crippen LogP contribution in [0.15, 0.2) is 0 Å². The number of aliphatic hydroxyl groups is 1. The number of ketones is 1. The molecule has 0 aromatic carbocycles. The van der Waals surface area contributed by atoms with Crippen LogP contribution in [0, 0.1) is 0 Å². The molecule has 0 amide bonds. The highest BCUT2D eigenvalue weighted by Gasteiger charge is 2.19. The lowest BCUT2D eigenvalue weighted by molar-refractivity contribution is 0.101. The van der Waals surface area contributed by atoms with Gasteiger partial charge < -0.3 is 15.4 Å². The van der Waals surface area contributed by atoms with Gasteiger partial charge in [-0.15, -0.1) is 0 Å². The quantitative estimate of drug-likeness (QED) is 0.735. The van der Waals surface area contributed by atoms with E-state index in [-0.39, 0.29) is 12.4 Å². The third kappa shape index (κ3) is 1.90. The minimum atomic E-state index is -0.0800. The number of rotatable bonds is 4. The molecule has 4 nitrogen and oxygen atoms in total. The van der Waals surface area contributed by atoms with Gasteiger partial charge in [0.05, 0.1) is 12.3 Å². The fourth-order valence-corrected chi connectivity index (χ4v) is 1.97. The average molecular weight is 210 g/mol. The van der Waals surface area contributed by atoms with E-state index < -0.39 is 0 Å². The summed E-state index contributed by atoms with van der Waals surface area (Å²) in [4.78, 5) is 11.4. The lowest BCUT2D eigenvalue weighted by Crippen LogP contribution is -2.06. The smallest absolute Gasteiger partial charge is 0.178 e. The van der Waals surface area contributed by atoms with E-state index >= 15 is 0 Å². The predicted octanol–water partition coefficient (Wildman–Crippen LogP) is 1.25. The summed E-state index contributed by atoms with van der Waals surface area (Å²) in [6.45, 7) is 3.45. The van der Waals surface area contributed by atoms with Crippen LogP contribution < -0.4 is 5.73 Å². The van der Waals surface area contributed by atoms with Crippen LogP contribution in [0.5, 0.6) is 0 Å². The number of nitrogens with zero attached hydrogens (tertiary/aromatic N) is 1. The number of nitrogens with two attached hydrogens (primary N) is 1. The number of anilines is 1. The van der Waals surface area contributed by atoms with Gasteiger partial charge in [-0.3, -0.25) is 4.79 Å². The molecule has 1 aromatic heterocycles. The van der Waals surface area contributed by atoms with E-state index in [0.717, 1.165) is 24.1 Å². The fourth-order valence-electron chi connectivity index (χ4n) is 1.97. The van der Waals surface area contributed by atoms with Crippen molar-refractivity contribution in [1.82, 2.24) is 4.57 Å². The summed E-state index contributed by atoms with van der Waals surface area (Å²) in [7, 11) is 1.76. The Hall–Kier alpha value is -1.29. The third-order valence-electron chi connectivity index (χ3n) is 2.65. The number of hydrogen-bond acceptors (Lipinski definition) is 3. The van der Waals surface area contributed by atoms with Crippen molar-refractivity contribution in [2.24, 2.45) is 7.05 Å². The maximum absolute atomic E-state index is 11.4. The predicted molar refractivity (Wildman–Crippen MR) is 59.7 cm³/mol. The molecule has 0 saturated heterocycles. The van der Waals surface area contributed by atoms with Gasteiger partial charge in [0.25, 0.3) is 0 Å². The van der Waals surface area contributed by atoms with Crippen molar-refractivity contribution in [3.8, 4) is 0 Å². The molecule has 0 atom stereocenters. The second kappa shape index (κ2) is 4.49. The van der Waals surface area contributed by atoms with Crippen LogP contribution in [0.1, 0.15) is 42.0 Å². The van der Waals surface area contributed by atoms with E-state index in [1.54, 1.807) is 11.6 Å². The molecular weight excluding hydrogens is 192 g/mol. The first-order valence-corrected chi connectivity index (χ1v) is 5.12. The molecule has 0 aliphatic heterocycles. The lowest BCUT2D eigenvalue weighted by atomic mass is 10.1. The van der Waals surface area contributed by atoms with Gasteiger partial charge >= 0.3 is 0 Å². The number of nitrogen functional groups attached to an aromatic ring is 1. The van der Waals surface area contributed by atoms with Crippen LogP contribution in [0.3, 0.4) is 0 Å². The first kappa shape index (κ1) is 11.8. The summed E-state index contributed by atoms with van der Waals surface area (Å²) >= 11 is 0. The summed E-state index contributed by atoms with van der Waals surface area (Å²) in [6.07, 6.45) is 1.74. The van der Waals surface area contributed by atoms with Gasteiger partial charge in [0.1, 0.15) is 5.69 Å². The van der Waals surface area contributed by atoms with Gasteiger partial charge in [-0.25, -0.2) is 0 Å². The highest BCUT2D eigenvalue weighted by molar-refractivity contribution is 5.98. The number of carbonyl (C=O) groups excluding carboxylic acids is 1. The van der Waals surface area contributed by atoms with Crippen LogP contribution in [-0.2, 0) is 20.1 Å². The van der Waals surface area contributed by atoms with Crippen LogP contribution in [-0.4, -0.2) is 15.5 Å². The van der Waals surface area contributed by atoms with Crippen molar-refractivity contribution in [1.29, 1.82) is 0 Å². The monoisotopic (exact) mass is 210 g/mol. The molecule has 0 radical (unpaired) electrons. The maximum Gasteiger partial charge on any atom is 0.178 e. The zero-order chi connectivity index (χ0) is 11.6. The Bertz CT molecular complexity index is 380. The first-order valence-electron chi connectivity index (χ1n) is 5.12. The second-order valence-electron chi connectivity index (χ2n) is 3.71. The van der Waals surface area contributed by atoms with Crippen molar-refractivity contribution in [2.45, 2.75) is 33.3 Å². The van der Waals surface area contributed by atoms with E-state index in [0.29, 0.717) is 11.4 Å². The number of aliphatic hydroxyl groups excluding tert-OH is 1. The molecule has 1 aromatic rings. The molecule has 15 heavy (non-hydrogen) atoms. The van der Waals surface area contributed by atoms with E-state index in [1.807, 2.05) is 6.92 Å². The van der Waals surface area contributed by atoms with Crippen molar-refractivity contribution >= 4 is 11.5 Å². The molecule has 0 saturated carbocycles. The highest BCUT2D eigenvalue weighted by atomic mass is 16.3. The first-order chi connectivity index (χ1) is 7.04. The number of aromatic nitrogens is 1. The Morgan fingerprint density at radius 1 is 1.53 bits per heavy atom. The Balaban J connectivity index is 3.38. The summed E-state index contributed by atoms with van der Waals surface area (Å²) < 4.78 is 1.70. The van der Waals surface area contributed by atoms with E-state index in [9.17, 15) is 9.90 Å². The molecule has 0 spiro atoms. The van der Waals surface area contributed by atoms with Crippen molar-refractivity contribution in [3.05, 3.63) is 17.0 Å². The molecule has 1 rings (SSSR count). The SMILES string of the molecule is CCCc1c(N)c(C(C)=O)n(C)c1CO. The van der Waals surface area contributed by atoms with Gasteiger partial charge in [-0.2, -0.15) is 0 Å². The molecular formula is C11H18N2O2. The zero-order valence-corrected chi connectivity index (χ0v) is 9.50. The Morgan fingerprint density at radius 3 is 2.53 bits per heavy atom. The molecule has 0 fully saturated rings. The summed E-state index contributed by atoms with van der Waals surface area (Å²) in [6, 6.07) is 0. The van der Waals surface area contributed by atoms with E-state index in [2.05, 4.69) is 0 Å². The molecule has 0 aliphatic carbocycles. The van der Waals surface area contributed by atoms with E-state index in [1.165, 1.54) is 6.92 Å². The number of carbonyl (C=O) groups is 1. The molecule has 0 unspecified atom stereocenters. The van der Waals surface area contributed by atoms with Crippen LogP contribution in [0.4, 0.5) is 5.69 Å². The van der Waals surface area contributed by atoms with Crippen LogP contribution in [0.2, 0.25) is 0 Å². The summed E-state index contributed by atoms with van der Waals surface area (Å²) in [5.41, 5.74) is 8.60. The van der Waals surface area contributed by atoms with Gasteiger partial charge in [0, 0.05) is 19.7 Å². The number of hydrogen-bond donors (Lipinski definition) is 2. The van der Waals surface area contributed by atoms with Crippen LogP contribution >= 0.6 is 0 Å². The molecule has 4 heteroatoms. The van der Waals surface area contributed by atoms with Gasteiger partial charge in [0.2, 0.25) is 0 Å². The summed E-state index contributed by atoms with van der Waals surface area (Å²) in [5, 5.41) is 9.26. The lowest BCUT2D eigenvalue weighted by Gasteiger charge is -2.03. The maximum atomic E-state index is 11.4. The normalized spacial score (nSPS) is 10.7. The van der Waals surface area contributed by atoms with Gasteiger partial charge in [-0.1, -0.05) is 13.3 Å². The molecule has 1 heterocycles. The molecule has 3 N–H and O–H groups in total. The largest absolute Gasteiger partial charge is 0.397 e. The Morgan fingerprint density at radius 2 is 2.13 bits per heavy atom. The molecule has 0 aliphatic rings. The van der Waals surface area contributed by atoms with Gasteiger partial charge in [-0.05, 0) is 12.0 Å². The minimum absolute atomic E-state index is 0.0629. The fraction of sp³-hybridized carbons (Fsp3) is 0.545. The van der Waals surface area contributed by atoms with Crippen molar-refractivity contribution < 1.29 is 9.90 Å². The van der Waals surface area contributed by atoms with E-state index in [4.69, 9.17) is 5.73 Å². The topological polar surface area (TPSA) is 68.2 Å². The van der Waals surface area contributed by atoms with Crippen LogP contribution in [0.25, 0.3) is 0 Å². The highest BCUT2D eigenvalue weighted by Crippen LogP contribution is 2.26. The molecule has 84 valence electrons. The number of Topliss-reactive ketones (excluding diaryl/α,β-unsaturated/α-hetero) is 1. The second-order valence-corrected chi connectivity index (χ2v) is 3.71. The zero-order valence-electron chi connectivity index (χ0n) is 9.50. The average Bonchev–Trinajstić information content (AvgIpc) is 2.39.